The van der Waals surface area contributed by atoms with Gasteiger partial charge in [-0.15, -0.1) is 24.8 Å². The Bertz CT molecular complexity index is 320. The first-order chi connectivity index (χ1) is 7.75. The molecule has 4 N–H and O–H groups in total. The summed E-state index contributed by atoms with van der Waals surface area (Å²) in [6.07, 6.45) is 2.75. The Morgan fingerprint density at radius 3 is 2.39 bits per heavy atom. The molecular formula is C13H22Cl2N2O. The first kappa shape index (κ1) is 17.7. The van der Waals surface area contributed by atoms with Gasteiger partial charge in [0.2, 0.25) is 0 Å². The van der Waals surface area contributed by atoms with Crippen LogP contribution in [0.1, 0.15) is 18.4 Å². The third-order valence-electron chi connectivity index (χ3n) is 3.00. The van der Waals surface area contributed by atoms with Crippen LogP contribution in [0.15, 0.2) is 30.3 Å². The fourth-order valence-electron chi connectivity index (χ4n) is 1.75. The van der Waals surface area contributed by atoms with Crippen molar-refractivity contribution in [2.24, 2.45) is 5.73 Å². The summed E-state index contributed by atoms with van der Waals surface area (Å²) in [6, 6.07) is 10.5. The van der Waals surface area contributed by atoms with Crippen molar-refractivity contribution in [2.75, 3.05) is 6.54 Å². The van der Waals surface area contributed by atoms with Gasteiger partial charge >= 0.3 is 0 Å². The lowest BCUT2D eigenvalue weighted by molar-refractivity contribution is 0.141. The summed E-state index contributed by atoms with van der Waals surface area (Å²) in [5.74, 6) is 0. The summed E-state index contributed by atoms with van der Waals surface area (Å²) in [5, 5.41) is 13.2. The van der Waals surface area contributed by atoms with Crippen molar-refractivity contribution in [3.63, 3.8) is 0 Å². The summed E-state index contributed by atoms with van der Waals surface area (Å²) in [5.41, 5.74) is 7.15. The van der Waals surface area contributed by atoms with Crippen LogP contribution in [0.3, 0.4) is 0 Å². The highest BCUT2D eigenvalue weighted by molar-refractivity contribution is 5.85. The monoisotopic (exact) mass is 292 g/mol. The average Bonchev–Trinajstić information content (AvgIpc) is 3.11. The molecule has 18 heavy (non-hydrogen) atoms. The Balaban J connectivity index is 0.00000144. The molecule has 0 saturated heterocycles. The van der Waals surface area contributed by atoms with E-state index < -0.39 is 6.10 Å². The zero-order valence-corrected chi connectivity index (χ0v) is 11.9. The molecule has 3 nitrogen and oxygen atoms in total. The number of hydrogen-bond donors (Lipinski definition) is 3. The Morgan fingerprint density at radius 1 is 1.22 bits per heavy atom. The number of hydrogen-bond acceptors (Lipinski definition) is 3. The first-order valence-corrected chi connectivity index (χ1v) is 5.96. The third-order valence-corrected chi connectivity index (χ3v) is 3.00. The Labute approximate surface area is 121 Å². The number of nitrogens with two attached hydrogens (primary N) is 1. The third kappa shape index (κ3) is 6.03. The lowest BCUT2D eigenvalue weighted by Crippen LogP contribution is -2.43. The van der Waals surface area contributed by atoms with E-state index in [9.17, 15) is 5.11 Å². The maximum Gasteiger partial charge on any atom is 0.0818 e. The fraction of sp³-hybridized carbons (Fsp3) is 0.538. The minimum atomic E-state index is -0.458. The number of halogens is 2. The molecule has 0 spiro atoms. The minimum absolute atomic E-state index is 0. The van der Waals surface area contributed by atoms with Gasteiger partial charge in [0.25, 0.3) is 0 Å². The molecule has 0 radical (unpaired) electrons. The van der Waals surface area contributed by atoms with Crippen LogP contribution in [0.2, 0.25) is 0 Å². The molecule has 0 aliphatic heterocycles. The lowest BCUT2D eigenvalue weighted by atomic mass is 10.0. The van der Waals surface area contributed by atoms with Crippen molar-refractivity contribution < 1.29 is 5.11 Å². The van der Waals surface area contributed by atoms with Crippen molar-refractivity contribution >= 4 is 24.8 Å². The van der Waals surface area contributed by atoms with Gasteiger partial charge in [0, 0.05) is 18.6 Å². The van der Waals surface area contributed by atoms with Gasteiger partial charge in [0.05, 0.1) is 6.10 Å². The summed E-state index contributed by atoms with van der Waals surface area (Å²) >= 11 is 0. The SMILES string of the molecule is Cl.Cl.N[C@@H](Cc1ccccc1)[C@H](O)CNC1CC1. The second-order valence-corrected chi connectivity index (χ2v) is 4.60. The standard InChI is InChI=1S/C13H20N2O.2ClH/c14-12(8-10-4-2-1-3-5-10)13(16)9-15-11-6-7-11;;/h1-5,11-13,15-16H,6-9,14H2;2*1H/t12-,13+;;/m0../s1. The van der Waals surface area contributed by atoms with Crippen LogP contribution in [0, 0.1) is 0 Å². The number of aliphatic hydroxyl groups excluding tert-OH is 1. The molecular weight excluding hydrogens is 271 g/mol. The fourth-order valence-corrected chi connectivity index (χ4v) is 1.75. The van der Waals surface area contributed by atoms with Gasteiger partial charge in [0.15, 0.2) is 0 Å². The highest BCUT2D eigenvalue weighted by atomic mass is 35.5. The van der Waals surface area contributed by atoms with E-state index in [-0.39, 0.29) is 30.9 Å². The topological polar surface area (TPSA) is 58.3 Å². The molecule has 1 saturated carbocycles. The number of rotatable bonds is 6. The van der Waals surface area contributed by atoms with Crippen molar-refractivity contribution in [3.8, 4) is 0 Å². The normalized spacial score (nSPS) is 17.2. The molecule has 104 valence electrons. The van der Waals surface area contributed by atoms with E-state index in [1.807, 2.05) is 30.3 Å². The smallest absolute Gasteiger partial charge is 0.0818 e. The average molecular weight is 293 g/mol. The van der Waals surface area contributed by atoms with Gasteiger partial charge in [0.1, 0.15) is 0 Å². The summed E-state index contributed by atoms with van der Waals surface area (Å²) in [7, 11) is 0. The van der Waals surface area contributed by atoms with E-state index in [0.29, 0.717) is 12.6 Å². The molecule has 1 fully saturated rings. The predicted octanol–water partition coefficient (Wildman–Crippen LogP) is 1.51. The van der Waals surface area contributed by atoms with Crippen molar-refractivity contribution in [3.05, 3.63) is 35.9 Å². The highest BCUT2D eigenvalue weighted by Crippen LogP contribution is 2.18. The summed E-state index contributed by atoms with van der Waals surface area (Å²) in [6.45, 7) is 0.610. The van der Waals surface area contributed by atoms with E-state index in [1.165, 1.54) is 18.4 Å². The van der Waals surface area contributed by atoms with Gasteiger partial charge in [-0.3, -0.25) is 0 Å². The van der Waals surface area contributed by atoms with Crippen LogP contribution in [-0.2, 0) is 6.42 Å². The van der Waals surface area contributed by atoms with Crippen LogP contribution in [0.5, 0.6) is 0 Å². The second kappa shape index (κ2) is 8.73. The number of benzene rings is 1. The quantitative estimate of drug-likeness (QED) is 0.745. The molecule has 0 aromatic heterocycles. The Morgan fingerprint density at radius 2 is 1.83 bits per heavy atom. The molecule has 0 bridgehead atoms. The van der Waals surface area contributed by atoms with Crippen LogP contribution < -0.4 is 11.1 Å². The molecule has 2 atom stereocenters. The van der Waals surface area contributed by atoms with Crippen LogP contribution in [-0.4, -0.2) is 29.8 Å². The van der Waals surface area contributed by atoms with Gasteiger partial charge in [-0.25, -0.2) is 0 Å². The summed E-state index contributed by atoms with van der Waals surface area (Å²) < 4.78 is 0. The molecule has 1 aliphatic rings. The van der Waals surface area contributed by atoms with Crippen molar-refractivity contribution in [2.45, 2.75) is 37.5 Å². The molecule has 5 heteroatoms. The first-order valence-electron chi connectivity index (χ1n) is 5.96. The van der Waals surface area contributed by atoms with Crippen LogP contribution in [0.4, 0.5) is 0 Å². The van der Waals surface area contributed by atoms with Gasteiger partial charge in [-0.1, -0.05) is 30.3 Å². The Kier molecular flexibility index (Phi) is 8.57. The van der Waals surface area contributed by atoms with E-state index in [2.05, 4.69) is 5.32 Å². The van der Waals surface area contributed by atoms with Crippen molar-refractivity contribution in [1.82, 2.24) is 5.32 Å². The largest absolute Gasteiger partial charge is 0.390 e. The van der Waals surface area contributed by atoms with Crippen molar-refractivity contribution in [1.29, 1.82) is 0 Å². The maximum absolute atomic E-state index is 9.87. The van der Waals surface area contributed by atoms with Crippen LogP contribution in [0.25, 0.3) is 0 Å². The van der Waals surface area contributed by atoms with Gasteiger partial charge in [-0.05, 0) is 24.8 Å². The minimum Gasteiger partial charge on any atom is -0.390 e. The molecule has 0 amide bonds. The maximum atomic E-state index is 9.87. The Hall–Kier alpha value is -0.320. The molecule has 1 aliphatic carbocycles. The van der Waals surface area contributed by atoms with Gasteiger partial charge in [-0.2, -0.15) is 0 Å². The molecule has 0 unspecified atom stereocenters. The van der Waals surface area contributed by atoms with E-state index in [1.54, 1.807) is 0 Å². The molecule has 0 heterocycles. The summed E-state index contributed by atoms with van der Waals surface area (Å²) in [4.78, 5) is 0. The van der Waals surface area contributed by atoms with E-state index >= 15 is 0 Å². The zero-order valence-electron chi connectivity index (χ0n) is 10.3. The van der Waals surface area contributed by atoms with Gasteiger partial charge < -0.3 is 16.2 Å². The molecule has 1 aromatic carbocycles. The highest BCUT2D eigenvalue weighted by Gasteiger charge is 2.23. The molecule has 2 rings (SSSR count). The van der Waals surface area contributed by atoms with E-state index in [4.69, 9.17) is 5.73 Å². The zero-order chi connectivity index (χ0) is 11.4. The van der Waals surface area contributed by atoms with E-state index in [0.717, 1.165) is 6.42 Å². The lowest BCUT2D eigenvalue weighted by Gasteiger charge is -2.19. The molecule has 1 aromatic rings. The number of aliphatic hydroxyl groups is 1. The second-order valence-electron chi connectivity index (χ2n) is 4.60. The predicted molar refractivity (Wildman–Crippen MR) is 79.6 cm³/mol. The number of nitrogens with one attached hydrogen (secondary N) is 1. The van der Waals surface area contributed by atoms with Crippen LogP contribution >= 0.6 is 24.8 Å².